The molecule has 4 heteroatoms. The average Bonchev–Trinajstić information content (AvgIpc) is 2.58. The third-order valence-corrected chi connectivity index (χ3v) is 2.45. The van der Waals surface area contributed by atoms with E-state index in [1.807, 2.05) is 23.7 Å². The number of piperidine rings is 1. The van der Waals surface area contributed by atoms with Crippen molar-refractivity contribution in [2.45, 2.75) is 18.9 Å². The second-order valence-electron chi connectivity index (χ2n) is 3.28. The van der Waals surface area contributed by atoms with Crippen molar-refractivity contribution in [1.29, 1.82) is 0 Å². The lowest BCUT2D eigenvalue weighted by atomic mass is 10.1. The molecular weight excluding hydrogens is 152 g/mol. The van der Waals surface area contributed by atoms with Crippen LogP contribution in [-0.2, 0) is 0 Å². The number of hydrogen-bond donors (Lipinski definition) is 1. The summed E-state index contributed by atoms with van der Waals surface area (Å²) in [6, 6.07) is 0.604. The van der Waals surface area contributed by atoms with Gasteiger partial charge in [0.2, 0.25) is 0 Å². The number of rotatable bonds is 1. The minimum atomic E-state index is 0.604. The predicted octanol–water partition coefficient (Wildman–Crippen LogP) is 0.394. The van der Waals surface area contributed by atoms with Crippen LogP contribution < -0.4 is 5.84 Å². The monoisotopic (exact) mass is 166 g/mol. The molecule has 2 N–H and O–H groups in total. The first kappa shape index (κ1) is 7.76. The van der Waals surface area contributed by atoms with Gasteiger partial charge in [0, 0.05) is 31.5 Å². The summed E-state index contributed by atoms with van der Waals surface area (Å²) < 4.78 is 2.17. The first-order valence-electron chi connectivity index (χ1n) is 4.33. The molecule has 1 aliphatic rings. The van der Waals surface area contributed by atoms with Crippen LogP contribution in [-0.4, -0.2) is 27.6 Å². The van der Waals surface area contributed by atoms with E-state index in [0.29, 0.717) is 6.04 Å². The van der Waals surface area contributed by atoms with Crippen LogP contribution in [0.25, 0.3) is 0 Å². The van der Waals surface area contributed by atoms with Gasteiger partial charge >= 0.3 is 0 Å². The number of aromatic nitrogens is 2. The largest absolute Gasteiger partial charge is 0.334 e. The van der Waals surface area contributed by atoms with Gasteiger partial charge in [-0.25, -0.2) is 9.99 Å². The Morgan fingerprint density at radius 1 is 1.33 bits per heavy atom. The maximum atomic E-state index is 5.66. The molecule has 0 radical (unpaired) electrons. The maximum absolute atomic E-state index is 5.66. The van der Waals surface area contributed by atoms with Gasteiger partial charge in [-0.3, -0.25) is 5.84 Å². The summed E-state index contributed by atoms with van der Waals surface area (Å²) in [6.45, 7) is 1.98. The molecule has 0 saturated carbocycles. The SMILES string of the molecule is NN1CCC(n2ccnc2)CC1. The number of nitrogens with zero attached hydrogens (tertiary/aromatic N) is 3. The number of imidazole rings is 1. The quantitative estimate of drug-likeness (QED) is 0.614. The summed E-state index contributed by atoms with van der Waals surface area (Å²) in [5.74, 6) is 5.66. The van der Waals surface area contributed by atoms with Gasteiger partial charge in [-0.2, -0.15) is 0 Å². The third kappa shape index (κ3) is 1.49. The molecule has 1 aliphatic heterocycles. The highest BCUT2D eigenvalue weighted by Gasteiger charge is 2.17. The van der Waals surface area contributed by atoms with Gasteiger partial charge in [0.15, 0.2) is 0 Å². The number of hydrazine groups is 1. The zero-order chi connectivity index (χ0) is 8.39. The molecule has 12 heavy (non-hydrogen) atoms. The molecule has 0 amide bonds. The second-order valence-corrected chi connectivity index (χ2v) is 3.28. The van der Waals surface area contributed by atoms with Crippen molar-refractivity contribution in [2.24, 2.45) is 5.84 Å². The van der Waals surface area contributed by atoms with Crippen LogP contribution in [0.5, 0.6) is 0 Å². The maximum Gasteiger partial charge on any atom is 0.0948 e. The van der Waals surface area contributed by atoms with Crippen LogP contribution >= 0.6 is 0 Å². The fraction of sp³-hybridized carbons (Fsp3) is 0.625. The fourth-order valence-electron chi connectivity index (χ4n) is 1.67. The van der Waals surface area contributed by atoms with E-state index >= 15 is 0 Å². The van der Waals surface area contributed by atoms with E-state index < -0.39 is 0 Å². The molecule has 1 aromatic heterocycles. The lowest BCUT2D eigenvalue weighted by Gasteiger charge is -2.29. The first-order chi connectivity index (χ1) is 5.86. The van der Waals surface area contributed by atoms with Gasteiger partial charge in [0.05, 0.1) is 6.33 Å². The van der Waals surface area contributed by atoms with Crippen LogP contribution in [0.4, 0.5) is 0 Å². The van der Waals surface area contributed by atoms with E-state index in [2.05, 4.69) is 9.55 Å². The Morgan fingerprint density at radius 2 is 2.08 bits per heavy atom. The van der Waals surface area contributed by atoms with E-state index in [-0.39, 0.29) is 0 Å². The molecule has 0 aromatic carbocycles. The topological polar surface area (TPSA) is 47.1 Å². The minimum Gasteiger partial charge on any atom is -0.334 e. The van der Waals surface area contributed by atoms with Crippen molar-refractivity contribution in [3.8, 4) is 0 Å². The Kier molecular flexibility index (Phi) is 2.10. The molecular formula is C8H14N4. The zero-order valence-corrected chi connectivity index (χ0v) is 7.06. The Labute approximate surface area is 72.0 Å². The van der Waals surface area contributed by atoms with Crippen molar-refractivity contribution in [3.63, 3.8) is 0 Å². The highest BCUT2D eigenvalue weighted by molar-refractivity contribution is 4.83. The van der Waals surface area contributed by atoms with Crippen molar-refractivity contribution >= 4 is 0 Å². The van der Waals surface area contributed by atoms with E-state index in [9.17, 15) is 0 Å². The highest BCUT2D eigenvalue weighted by atomic mass is 15.4. The lowest BCUT2D eigenvalue weighted by molar-refractivity contribution is 0.190. The van der Waals surface area contributed by atoms with Crippen LogP contribution in [0.1, 0.15) is 18.9 Å². The lowest BCUT2D eigenvalue weighted by Crippen LogP contribution is -2.39. The molecule has 0 spiro atoms. The van der Waals surface area contributed by atoms with Crippen LogP contribution in [0.15, 0.2) is 18.7 Å². The molecule has 0 atom stereocenters. The van der Waals surface area contributed by atoms with Gasteiger partial charge in [-0.05, 0) is 12.8 Å². The van der Waals surface area contributed by atoms with E-state index in [4.69, 9.17) is 5.84 Å². The Bertz CT molecular complexity index is 223. The van der Waals surface area contributed by atoms with Gasteiger partial charge in [0.1, 0.15) is 0 Å². The Balaban J connectivity index is 1.99. The molecule has 0 unspecified atom stereocenters. The van der Waals surface area contributed by atoms with E-state index in [0.717, 1.165) is 25.9 Å². The highest BCUT2D eigenvalue weighted by Crippen LogP contribution is 2.19. The fourth-order valence-corrected chi connectivity index (χ4v) is 1.67. The van der Waals surface area contributed by atoms with Crippen LogP contribution in [0.2, 0.25) is 0 Å². The molecule has 1 saturated heterocycles. The predicted molar refractivity (Wildman–Crippen MR) is 46.3 cm³/mol. The van der Waals surface area contributed by atoms with Crippen molar-refractivity contribution in [2.75, 3.05) is 13.1 Å². The Hall–Kier alpha value is -0.870. The summed E-state index contributed by atoms with van der Waals surface area (Å²) in [6.07, 6.45) is 8.00. The van der Waals surface area contributed by atoms with Gasteiger partial charge in [-0.15, -0.1) is 0 Å². The standard InChI is InChI=1S/C8H14N4/c9-12-4-1-8(2-5-12)11-6-3-10-7-11/h3,6-8H,1-2,4-5,9H2. The summed E-state index contributed by atoms with van der Waals surface area (Å²) in [5, 5.41) is 1.88. The minimum absolute atomic E-state index is 0.604. The molecule has 0 bridgehead atoms. The molecule has 1 fully saturated rings. The van der Waals surface area contributed by atoms with Gasteiger partial charge < -0.3 is 4.57 Å². The van der Waals surface area contributed by atoms with Crippen molar-refractivity contribution < 1.29 is 0 Å². The molecule has 2 rings (SSSR count). The van der Waals surface area contributed by atoms with Crippen molar-refractivity contribution in [3.05, 3.63) is 18.7 Å². The summed E-state index contributed by atoms with van der Waals surface area (Å²) in [4.78, 5) is 4.03. The van der Waals surface area contributed by atoms with Gasteiger partial charge in [0.25, 0.3) is 0 Å². The molecule has 2 heterocycles. The van der Waals surface area contributed by atoms with E-state index in [1.54, 1.807) is 0 Å². The number of nitrogens with two attached hydrogens (primary N) is 1. The summed E-state index contributed by atoms with van der Waals surface area (Å²) in [7, 11) is 0. The summed E-state index contributed by atoms with van der Waals surface area (Å²) >= 11 is 0. The molecule has 1 aromatic rings. The third-order valence-electron chi connectivity index (χ3n) is 2.45. The molecule has 4 nitrogen and oxygen atoms in total. The smallest absolute Gasteiger partial charge is 0.0948 e. The van der Waals surface area contributed by atoms with Crippen LogP contribution in [0.3, 0.4) is 0 Å². The normalized spacial score (nSPS) is 21.4. The summed E-state index contributed by atoms with van der Waals surface area (Å²) in [5.41, 5.74) is 0. The molecule has 66 valence electrons. The average molecular weight is 166 g/mol. The second kappa shape index (κ2) is 3.25. The molecule has 0 aliphatic carbocycles. The zero-order valence-electron chi connectivity index (χ0n) is 7.06. The number of hydrogen-bond acceptors (Lipinski definition) is 3. The van der Waals surface area contributed by atoms with Crippen molar-refractivity contribution in [1.82, 2.24) is 14.6 Å². The first-order valence-corrected chi connectivity index (χ1v) is 4.33. The Morgan fingerprint density at radius 3 is 2.67 bits per heavy atom. The van der Waals surface area contributed by atoms with Crippen LogP contribution in [0, 0.1) is 0 Å². The van der Waals surface area contributed by atoms with Gasteiger partial charge in [-0.1, -0.05) is 0 Å². The van der Waals surface area contributed by atoms with E-state index in [1.165, 1.54) is 0 Å².